The molecule has 0 radical (unpaired) electrons. The highest BCUT2D eigenvalue weighted by atomic mass is 35.5. The number of benzene rings is 1. The molecular weight excluding hydrogens is 268 g/mol. The zero-order chi connectivity index (χ0) is 13.4. The molecule has 18 heavy (non-hydrogen) atoms. The highest BCUT2D eigenvalue weighted by Gasteiger charge is 2.05. The Morgan fingerprint density at radius 1 is 1.44 bits per heavy atom. The fraction of sp³-hybridized carbons (Fsp3) is 0.462. The maximum absolute atomic E-state index is 5.95. The summed E-state index contributed by atoms with van der Waals surface area (Å²) in [5.41, 5.74) is 7.36. The number of hydrogen-bond donors (Lipinski definition) is 2. The number of rotatable bonds is 8. The van der Waals surface area contributed by atoms with Crippen molar-refractivity contribution in [2.24, 2.45) is 5.73 Å². The largest absolute Gasteiger partial charge is 0.389 e. The Hall–Kier alpha value is -0.840. The molecule has 0 aliphatic heterocycles. The van der Waals surface area contributed by atoms with Crippen LogP contribution in [0.2, 0.25) is 5.02 Å². The molecule has 0 aromatic heterocycles. The summed E-state index contributed by atoms with van der Waals surface area (Å²) < 4.78 is 5.41. The Morgan fingerprint density at radius 3 is 2.89 bits per heavy atom. The summed E-state index contributed by atoms with van der Waals surface area (Å²) in [6, 6.07) is 5.45. The molecule has 0 aliphatic rings. The van der Waals surface area contributed by atoms with Crippen molar-refractivity contribution in [3.05, 3.63) is 28.8 Å². The van der Waals surface area contributed by atoms with Crippen molar-refractivity contribution < 1.29 is 4.74 Å². The van der Waals surface area contributed by atoms with E-state index in [-0.39, 0.29) is 0 Å². The van der Waals surface area contributed by atoms with Gasteiger partial charge in [0.2, 0.25) is 0 Å². The monoisotopic (exact) mass is 286 g/mol. The van der Waals surface area contributed by atoms with Gasteiger partial charge in [0.25, 0.3) is 0 Å². The fourth-order valence-electron chi connectivity index (χ4n) is 1.52. The van der Waals surface area contributed by atoms with Crippen LogP contribution in [0.25, 0.3) is 0 Å². The summed E-state index contributed by atoms with van der Waals surface area (Å²) in [5.74, 6) is 0. The van der Waals surface area contributed by atoms with Crippen LogP contribution < -0.4 is 11.1 Å². The van der Waals surface area contributed by atoms with Crippen molar-refractivity contribution in [3.8, 4) is 0 Å². The highest BCUT2D eigenvalue weighted by Crippen LogP contribution is 2.21. The average molecular weight is 287 g/mol. The van der Waals surface area contributed by atoms with Crippen LogP contribution in [0.1, 0.15) is 25.3 Å². The summed E-state index contributed by atoms with van der Waals surface area (Å²) in [6.07, 6.45) is 1.98. The van der Waals surface area contributed by atoms with E-state index in [1.165, 1.54) is 0 Å². The molecule has 0 saturated carbocycles. The molecule has 100 valence electrons. The molecule has 0 saturated heterocycles. The highest BCUT2D eigenvalue weighted by molar-refractivity contribution is 7.80. The second kappa shape index (κ2) is 8.29. The first-order valence-electron chi connectivity index (χ1n) is 6.06. The second-order valence-corrected chi connectivity index (χ2v) is 4.82. The predicted molar refractivity (Wildman–Crippen MR) is 81.6 cm³/mol. The van der Waals surface area contributed by atoms with E-state index in [0.29, 0.717) is 10.0 Å². The molecule has 0 aliphatic carbocycles. The fourth-order valence-corrected chi connectivity index (χ4v) is 1.87. The van der Waals surface area contributed by atoms with Crippen LogP contribution in [0, 0.1) is 0 Å². The van der Waals surface area contributed by atoms with E-state index < -0.39 is 0 Å². The molecule has 3 nitrogen and oxygen atoms in total. The van der Waals surface area contributed by atoms with Gasteiger partial charge in [-0.25, -0.2) is 0 Å². The van der Waals surface area contributed by atoms with Crippen molar-refractivity contribution in [1.29, 1.82) is 0 Å². The second-order valence-electron chi connectivity index (χ2n) is 3.95. The molecule has 1 aromatic rings. The lowest BCUT2D eigenvalue weighted by atomic mass is 10.1. The number of nitrogens with one attached hydrogen (secondary N) is 1. The van der Waals surface area contributed by atoms with E-state index in [4.69, 9.17) is 34.3 Å². The van der Waals surface area contributed by atoms with E-state index in [0.717, 1.165) is 43.9 Å². The third-order valence-corrected chi connectivity index (χ3v) is 2.83. The SMILES string of the molecule is CCCOCCCNc1cc(Cl)ccc1C(N)=S. The van der Waals surface area contributed by atoms with Crippen LogP contribution in [0.4, 0.5) is 5.69 Å². The Morgan fingerprint density at radius 2 is 2.22 bits per heavy atom. The van der Waals surface area contributed by atoms with Gasteiger partial charge in [-0.2, -0.15) is 0 Å². The summed E-state index contributed by atoms with van der Waals surface area (Å²) in [6.45, 7) is 4.47. The van der Waals surface area contributed by atoms with Gasteiger partial charge in [-0.15, -0.1) is 0 Å². The van der Waals surface area contributed by atoms with E-state index in [1.807, 2.05) is 12.1 Å². The molecule has 0 amide bonds. The third kappa shape index (κ3) is 5.21. The van der Waals surface area contributed by atoms with Gasteiger partial charge in [-0.1, -0.05) is 30.7 Å². The average Bonchev–Trinajstić information content (AvgIpc) is 2.33. The molecule has 5 heteroatoms. The van der Waals surface area contributed by atoms with Crippen LogP contribution >= 0.6 is 23.8 Å². The first-order valence-corrected chi connectivity index (χ1v) is 6.84. The van der Waals surface area contributed by atoms with Gasteiger partial charge in [0.05, 0.1) is 0 Å². The molecular formula is C13H19ClN2OS. The number of hydrogen-bond acceptors (Lipinski definition) is 3. The van der Waals surface area contributed by atoms with E-state index in [9.17, 15) is 0 Å². The van der Waals surface area contributed by atoms with Crippen molar-refractivity contribution in [2.75, 3.05) is 25.1 Å². The Kier molecular flexibility index (Phi) is 7.01. The van der Waals surface area contributed by atoms with Gasteiger partial charge in [-0.3, -0.25) is 0 Å². The summed E-state index contributed by atoms with van der Waals surface area (Å²) in [4.78, 5) is 0.372. The Labute approximate surface area is 119 Å². The molecule has 1 aromatic carbocycles. The standard InChI is InChI=1S/C13H19ClN2OS/c1-2-7-17-8-3-6-16-12-9-10(14)4-5-11(12)13(15)18/h4-5,9,16H,2-3,6-8H2,1H3,(H2,15,18). The molecule has 0 unspecified atom stereocenters. The molecule has 0 atom stereocenters. The summed E-state index contributed by atoms with van der Waals surface area (Å²) in [7, 11) is 0. The first kappa shape index (κ1) is 15.2. The van der Waals surface area contributed by atoms with Crippen LogP contribution in [-0.4, -0.2) is 24.7 Å². The minimum Gasteiger partial charge on any atom is -0.389 e. The maximum Gasteiger partial charge on any atom is 0.106 e. The zero-order valence-electron chi connectivity index (χ0n) is 10.5. The van der Waals surface area contributed by atoms with Gasteiger partial charge >= 0.3 is 0 Å². The zero-order valence-corrected chi connectivity index (χ0v) is 12.1. The number of halogens is 1. The predicted octanol–water partition coefficient (Wildman–Crippen LogP) is 3.20. The van der Waals surface area contributed by atoms with Crippen molar-refractivity contribution >= 4 is 34.5 Å². The van der Waals surface area contributed by atoms with Crippen LogP contribution in [-0.2, 0) is 4.74 Å². The van der Waals surface area contributed by atoms with E-state index in [1.54, 1.807) is 6.07 Å². The topological polar surface area (TPSA) is 47.3 Å². The number of nitrogens with two attached hydrogens (primary N) is 1. The Balaban J connectivity index is 2.45. The molecule has 3 N–H and O–H groups in total. The lowest BCUT2D eigenvalue weighted by molar-refractivity contribution is 0.134. The van der Waals surface area contributed by atoms with Crippen molar-refractivity contribution in [3.63, 3.8) is 0 Å². The van der Waals surface area contributed by atoms with Crippen LogP contribution in [0.15, 0.2) is 18.2 Å². The molecule has 0 fully saturated rings. The van der Waals surface area contributed by atoms with Gasteiger partial charge in [-0.05, 0) is 31.0 Å². The van der Waals surface area contributed by atoms with E-state index in [2.05, 4.69) is 12.2 Å². The minimum absolute atomic E-state index is 0.372. The van der Waals surface area contributed by atoms with Gasteiger partial charge in [0.15, 0.2) is 0 Å². The van der Waals surface area contributed by atoms with Gasteiger partial charge in [0, 0.05) is 36.0 Å². The van der Waals surface area contributed by atoms with E-state index >= 15 is 0 Å². The smallest absolute Gasteiger partial charge is 0.106 e. The molecule has 0 spiro atoms. The lowest BCUT2D eigenvalue weighted by Gasteiger charge is -2.11. The minimum atomic E-state index is 0.372. The normalized spacial score (nSPS) is 10.3. The molecule has 1 rings (SSSR count). The maximum atomic E-state index is 5.95. The molecule has 0 bridgehead atoms. The van der Waals surface area contributed by atoms with Crippen LogP contribution in [0.3, 0.4) is 0 Å². The Bertz CT molecular complexity index is 399. The number of anilines is 1. The quantitative estimate of drug-likeness (QED) is 0.569. The number of thiocarbonyl (C=S) groups is 1. The van der Waals surface area contributed by atoms with Crippen LogP contribution in [0.5, 0.6) is 0 Å². The van der Waals surface area contributed by atoms with Gasteiger partial charge in [0.1, 0.15) is 4.99 Å². The van der Waals surface area contributed by atoms with Gasteiger partial charge < -0.3 is 15.8 Å². The summed E-state index contributed by atoms with van der Waals surface area (Å²) in [5, 5.41) is 3.95. The third-order valence-electron chi connectivity index (χ3n) is 2.38. The first-order chi connectivity index (χ1) is 8.65. The molecule has 0 heterocycles. The van der Waals surface area contributed by atoms with Crippen molar-refractivity contribution in [1.82, 2.24) is 0 Å². The lowest BCUT2D eigenvalue weighted by Crippen LogP contribution is -2.14. The van der Waals surface area contributed by atoms with Crippen molar-refractivity contribution in [2.45, 2.75) is 19.8 Å². The summed E-state index contributed by atoms with van der Waals surface area (Å²) >= 11 is 11.0. The number of ether oxygens (including phenoxy) is 1.